The van der Waals surface area contributed by atoms with Crippen LogP contribution in [-0.4, -0.2) is 50.8 Å². The van der Waals surface area contributed by atoms with Gasteiger partial charge in [-0.05, 0) is 44.5 Å². The fourth-order valence-electron chi connectivity index (χ4n) is 4.25. The summed E-state index contributed by atoms with van der Waals surface area (Å²) in [5, 5.41) is 15.6. The maximum atomic E-state index is 6.68. The van der Waals surface area contributed by atoms with Gasteiger partial charge in [-0.3, -0.25) is 5.10 Å². The zero-order valence-electron chi connectivity index (χ0n) is 20.0. The van der Waals surface area contributed by atoms with Crippen LogP contribution in [0.15, 0.2) is 36.4 Å². The predicted octanol–water partition coefficient (Wildman–Crippen LogP) is 5.40. The van der Waals surface area contributed by atoms with Gasteiger partial charge in [0.15, 0.2) is 5.82 Å². The average Bonchev–Trinajstić information content (AvgIpc) is 3.47. The summed E-state index contributed by atoms with van der Waals surface area (Å²) < 4.78 is 6.14. The second-order valence-electron chi connectivity index (χ2n) is 8.63. The first-order valence-electron chi connectivity index (χ1n) is 11.8. The topological polar surface area (TPSA) is 107 Å². The number of aromatic amines is 2. The molecule has 4 aromatic rings. The van der Waals surface area contributed by atoms with Crippen LogP contribution < -0.4 is 20.3 Å². The smallest absolute Gasteiger partial charge is 0.325 e. The van der Waals surface area contributed by atoms with E-state index in [1.165, 1.54) is 0 Å². The molecule has 1 saturated heterocycles. The number of benzene rings is 1. The molecule has 10 heteroatoms. The summed E-state index contributed by atoms with van der Waals surface area (Å²) in [6.07, 6.45) is 4.94. The van der Waals surface area contributed by atoms with Gasteiger partial charge in [-0.25, -0.2) is 0 Å². The molecule has 5 rings (SSSR count). The van der Waals surface area contributed by atoms with Gasteiger partial charge in [0, 0.05) is 54.4 Å². The largest absolute Gasteiger partial charge is 0.423 e. The molecule has 35 heavy (non-hydrogen) atoms. The van der Waals surface area contributed by atoms with Gasteiger partial charge in [0.2, 0.25) is 0 Å². The third kappa shape index (κ3) is 5.11. The van der Waals surface area contributed by atoms with Crippen LogP contribution in [0.1, 0.15) is 31.7 Å². The molecule has 9 nitrogen and oxygen atoms in total. The average molecular weight is 493 g/mol. The fourth-order valence-corrected chi connectivity index (χ4v) is 4.51. The lowest BCUT2D eigenvalue weighted by Gasteiger charge is -2.34. The lowest BCUT2D eigenvalue weighted by molar-refractivity contribution is 0.431. The highest BCUT2D eigenvalue weighted by molar-refractivity contribution is 6.37. The molecule has 4 N–H and O–H groups in total. The minimum Gasteiger partial charge on any atom is -0.423 e. The molecule has 1 aliphatic rings. The molecular formula is C25H29ClN8O. The Morgan fingerprint density at radius 1 is 1.23 bits per heavy atom. The number of rotatable bonds is 7. The van der Waals surface area contributed by atoms with E-state index in [0.29, 0.717) is 28.4 Å². The molecule has 0 radical (unpaired) electrons. The number of piperazine rings is 1. The summed E-state index contributed by atoms with van der Waals surface area (Å²) in [5.41, 5.74) is 2.89. The van der Waals surface area contributed by atoms with Gasteiger partial charge < -0.3 is 25.3 Å². The molecule has 0 spiro atoms. The van der Waals surface area contributed by atoms with Gasteiger partial charge in [-0.1, -0.05) is 24.6 Å². The molecule has 1 fully saturated rings. The maximum Gasteiger partial charge on any atom is 0.325 e. The highest BCUT2D eigenvalue weighted by atomic mass is 35.5. The van der Waals surface area contributed by atoms with Crippen LogP contribution in [0.3, 0.4) is 0 Å². The number of hydrogen-bond donors (Lipinski definition) is 4. The summed E-state index contributed by atoms with van der Waals surface area (Å²) in [6.45, 7) is 8.73. The number of halogens is 1. The van der Waals surface area contributed by atoms with Crippen LogP contribution in [0.25, 0.3) is 17.0 Å². The van der Waals surface area contributed by atoms with Crippen LogP contribution in [0, 0.1) is 6.92 Å². The number of hydrogen-bond acceptors (Lipinski definition) is 7. The Morgan fingerprint density at radius 3 is 2.94 bits per heavy atom. The highest BCUT2D eigenvalue weighted by Crippen LogP contribution is 2.36. The summed E-state index contributed by atoms with van der Waals surface area (Å²) in [4.78, 5) is 14.9. The highest BCUT2D eigenvalue weighted by Gasteiger charge is 2.21. The third-order valence-corrected chi connectivity index (χ3v) is 6.39. The molecule has 0 saturated carbocycles. The Morgan fingerprint density at radius 2 is 2.11 bits per heavy atom. The number of nitrogens with one attached hydrogen (secondary N) is 4. The van der Waals surface area contributed by atoms with E-state index < -0.39 is 0 Å². The first-order valence-corrected chi connectivity index (χ1v) is 12.2. The molecule has 1 aromatic carbocycles. The third-order valence-electron chi connectivity index (χ3n) is 6.00. The Bertz CT molecular complexity index is 1360. The quantitative estimate of drug-likeness (QED) is 0.273. The minimum absolute atomic E-state index is 0.217. The number of fused-ring (bicyclic) bond motifs is 1. The van der Waals surface area contributed by atoms with E-state index >= 15 is 0 Å². The molecule has 3 aromatic heterocycles. The number of anilines is 3. The number of aryl methyl sites for hydroxylation is 1. The van der Waals surface area contributed by atoms with Crippen molar-refractivity contribution in [3.63, 3.8) is 0 Å². The summed E-state index contributed by atoms with van der Waals surface area (Å²) in [5.74, 6) is 2.53. The first-order chi connectivity index (χ1) is 17.0. The van der Waals surface area contributed by atoms with E-state index in [1.807, 2.05) is 56.3 Å². The van der Waals surface area contributed by atoms with Crippen molar-refractivity contribution in [1.82, 2.24) is 30.5 Å². The number of nitrogens with zero attached hydrogens (tertiary/aromatic N) is 4. The summed E-state index contributed by atoms with van der Waals surface area (Å²) in [6, 6.07) is 10.2. The Labute approximate surface area is 209 Å². The SMILES string of the molecule is C/C=C/c1cc(Nc2cc(N3CCNC(CC)C3)nc(Oc3ccc4[nH]c(C)cc4c3Cl)n2)n[nH]1. The molecule has 182 valence electrons. The van der Waals surface area contributed by atoms with Crippen LogP contribution in [0.2, 0.25) is 5.02 Å². The second kappa shape index (κ2) is 9.97. The van der Waals surface area contributed by atoms with E-state index in [9.17, 15) is 0 Å². The van der Waals surface area contributed by atoms with Crippen molar-refractivity contribution in [3.05, 3.63) is 52.8 Å². The Balaban J connectivity index is 1.49. The fraction of sp³-hybridized carbons (Fsp3) is 0.320. The number of ether oxygens (including phenoxy) is 1. The lowest BCUT2D eigenvalue weighted by Crippen LogP contribution is -2.50. The molecule has 1 aliphatic heterocycles. The summed E-state index contributed by atoms with van der Waals surface area (Å²) >= 11 is 6.68. The lowest BCUT2D eigenvalue weighted by atomic mass is 10.1. The van der Waals surface area contributed by atoms with Crippen molar-refractivity contribution in [2.45, 2.75) is 33.2 Å². The van der Waals surface area contributed by atoms with Crippen molar-refractivity contribution in [2.75, 3.05) is 29.9 Å². The van der Waals surface area contributed by atoms with Crippen molar-refractivity contribution in [2.24, 2.45) is 0 Å². The number of H-pyrrole nitrogens is 2. The van der Waals surface area contributed by atoms with Gasteiger partial charge in [-0.2, -0.15) is 15.1 Å². The Kier molecular flexibility index (Phi) is 6.61. The van der Waals surface area contributed by atoms with Crippen LogP contribution in [-0.2, 0) is 0 Å². The number of allylic oxidation sites excluding steroid dienone is 1. The van der Waals surface area contributed by atoms with Gasteiger partial charge in [0.25, 0.3) is 0 Å². The van der Waals surface area contributed by atoms with E-state index in [-0.39, 0.29) is 6.01 Å². The van der Waals surface area contributed by atoms with E-state index in [4.69, 9.17) is 21.3 Å². The van der Waals surface area contributed by atoms with Gasteiger partial charge in [-0.15, -0.1) is 0 Å². The first kappa shape index (κ1) is 23.2. The molecule has 1 unspecified atom stereocenters. The molecule has 0 aliphatic carbocycles. The summed E-state index contributed by atoms with van der Waals surface area (Å²) in [7, 11) is 0. The van der Waals surface area contributed by atoms with Crippen molar-refractivity contribution in [3.8, 4) is 11.8 Å². The molecule has 1 atom stereocenters. The molecule has 0 bridgehead atoms. The maximum absolute atomic E-state index is 6.68. The van der Waals surface area contributed by atoms with Crippen molar-refractivity contribution >= 4 is 46.0 Å². The van der Waals surface area contributed by atoms with Crippen LogP contribution >= 0.6 is 11.6 Å². The standard InChI is InChI=1S/C25H29ClN8O/c1-4-6-17-12-22(33-32-17)29-21-13-23(34-10-9-27-16(5-2)14-34)31-25(30-21)35-20-8-7-19-18(24(20)26)11-15(3)28-19/h4,6-8,11-13,16,27-28H,5,9-10,14H2,1-3H3,(H2,29,30,31,32,33)/b6-4+. The normalized spacial score (nSPS) is 16.3. The monoisotopic (exact) mass is 492 g/mol. The minimum atomic E-state index is 0.217. The van der Waals surface area contributed by atoms with Crippen molar-refractivity contribution < 1.29 is 4.74 Å². The van der Waals surface area contributed by atoms with Gasteiger partial charge in [0.1, 0.15) is 17.4 Å². The predicted molar refractivity (Wildman–Crippen MR) is 141 cm³/mol. The second-order valence-corrected chi connectivity index (χ2v) is 9.00. The molecule has 4 heterocycles. The van der Waals surface area contributed by atoms with E-state index in [2.05, 4.69) is 42.6 Å². The van der Waals surface area contributed by atoms with E-state index in [1.54, 1.807) is 0 Å². The van der Waals surface area contributed by atoms with Gasteiger partial charge >= 0.3 is 6.01 Å². The van der Waals surface area contributed by atoms with Crippen molar-refractivity contribution in [1.29, 1.82) is 0 Å². The van der Waals surface area contributed by atoms with Gasteiger partial charge in [0.05, 0.1) is 10.7 Å². The molecule has 0 amide bonds. The molecular weight excluding hydrogens is 464 g/mol. The van der Waals surface area contributed by atoms with Crippen LogP contribution in [0.4, 0.5) is 17.5 Å². The van der Waals surface area contributed by atoms with Crippen LogP contribution in [0.5, 0.6) is 11.8 Å². The zero-order valence-corrected chi connectivity index (χ0v) is 20.8. The zero-order chi connectivity index (χ0) is 24.4. The number of aromatic nitrogens is 5. The van der Waals surface area contributed by atoms with E-state index in [0.717, 1.165) is 54.2 Å². The Hall–Kier alpha value is -3.56.